The van der Waals surface area contributed by atoms with Crippen molar-refractivity contribution in [2.24, 2.45) is 0 Å². The van der Waals surface area contributed by atoms with E-state index in [-0.39, 0.29) is 19.6 Å². The molecule has 6 N–H and O–H groups in total. The summed E-state index contributed by atoms with van der Waals surface area (Å²) in [4.78, 5) is 18.7. The van der Waals surface area contributed by atoms with Gasteiger partial charge in [0, 0.05) is 44.3 Å². The van der Waals surface area contributed by atoms with Gasteiger partial charge in [-0.15, -0.1) is 0 Å². The first kappa shape index (κ1) is 81.9. The van der Waals surface area contributed by atoms with Crippen LogP contribution < -0.4 is 17.9 Å². The highest BCUT2D eigenvalue weighted by atomic mass is 32.2. The number of H-pyrrole nitrogens is 2. The molecule has 0 radical (unpaired) electrons. The van der Waals surface area contributed by atoms with Crippen molar-refractivity contribution in [2.45, 2.75) is 47.3 Å². The van der Waals surface area contributed by atoms with Crippen molar-refractivity contribution in [3.8, 4) is 44.5 Å². The van der Waals surface area contributed by atoms with E-state index in [9.17, 15) is 33.7 Å². The maximum absolute atomic E-state index is 10.5. The van der Waals surface area contributed by atoms with Gasteiger partial charge in [0.15, 0.2) is 0 Å². The summed E-state index contributed by atoms with van der Waals surface area (Å²) in [5.41, 5.74) is 24.7. The first-order valence-electron chi connectivity index (χ1n) is 34.2. The zero-order valence-electron chi connectivity index (χ0n) is 63.5. The number of aromatic amines is 2. The summed E-state index contributed by atoms with van der Waals surface area (Å²) in [6.07, 6.45) is 8.65. The summed E-state index contributed by atoms with van der Waals surface area (Å²) in [7, 11) is 10.3. The van der Waals surface area contributed by atoms with E-state index in [0.717, 1.165) is 130 Å². The molecule has 24 heteroatoms. The number of aryl methyl sites for hydroxylation is 4. The molecule has 562 valence electrons. The van der Waals surface area contributed by atoms with Crippen LogP contribution in [0, 0.1) is 27.7 Å². The van der Waals surface area contributed by atoms with Crippen molar-refractivity contribution >= 4 is 110 Å². The van der Waals surface area contributed by atoms with Crippen LogP contribution in [0.2, 0.25) is 0 Å². The Balaban J connectivity index is 0.000000242. The molecular weight excluding hydrogens is 1440 g/mol. The lowest BCUT2D eigenvalue weighted by molar-refractivity contribution is 0.481. The van der Waals surface area contributed by atoms with Crippen LogP contribution >= 0.6 is 0 Å². The van der Waals surface area contributed by atoms with Gasteiger partial charge in [0.2, 0.25) is 0 Å². The molecule has 3 aromatic heterocycles. The van der Waals surface area contributed by atoms with E-state index in [1.807, 2.05) is 27.7 Å². The predicted molar refractivity (Wildman–Crippen MR) is 443 cm³/mol. The normalized spacial score (nSPS) is 12.5. The fourth-order valence-corrected chi connectivity index (χ4v) is 13.5. The van der Waals surface area contributed by atoms with E-state index in [1.54, 1.807) is 48.5 Å². The van der Waals surface area contributed by atoms with Crippen molar-refractivity contribution in [1.82, 2.24) is 37.9 Å². The van der Waals surface area contributed by atoms with Gasteiger partial charge < -0.3 is 9.97 Å². The molecule has 0 aliphatic carbocycles. The third kappa shape index (κ3) is 21.2. The molecule has 0 amide bonds. The second kappa shape index (κ2) is 32.3. The van der Waals surface area contributed by atoms with Gasteiger partial charge >= 0.3 is 0 Å². The third-order valence-corrected chi connectivity index (χ3v) is 21.2. The maximum atomic E-state index is 10.5. The third-order valence-electron chi connectivity index (χ3n) is 17.8. The molecule has 0 unspecified atom stereocenters. The van der Waals surface area contributed by atoms with Crippen LogP contribution in [-0.4, -0.2) is 156 Å². The molecule has 5 heterocycles. The van der Waals surface area contributed by atoms with Gasteiger partial charge in [-0.3, -0.25) is 36.1 Å². The molecule has 0 atom stereocenters. The molecule has 13 rings (SSSR count). The number of hydrogen-bond donors (Lipinski definition) is 6. The first-order chi connectivity index (χ1) is 50.2. The molecule has 0 spiro atoms. The van der Waals surface area contributed by atoms with E-state index in [4.69, 9.17) is 28.2 Å². The minimum atomic E-state index is -4.02. The molecule has 2 aliphatic rings. The molecular formula is C84H94N8O12S4+4. The van der Waals surface area contributed by atoms with Gasteiger partial charge in [0.05, 0.1) is 127 Å². The lowest BCUT2D eigenvalue weighted by Crippen LogP contribution is -2.34. The average Bonchev–Trinajstić information content (AvgIpc) is 1.60. The van der Waals surface area contributed by atoms with Crippen LogP contribution in [0.1, 0.15) is 45.0 Å². The Bertz CT molecular complexity index is 5350. The van der Waals surface area contributed by atoms with Crippen molar-refractivity contribution in [3.05, 3.63) is 263 Å². The highest BCUT2D eigenvalue weighted by molar-refractivity contribution is 7.86. The summed E-state index contributed by atoms with van der Waals surface area (Å²) in [6, 6.07) is 68.5. The van der Waals surface area contributed by atoms with Crippen molar-refractivity contribution < 1.29 is 51.9 Å². The Morgan fingerprint density at radius 2 is 0.417 bits per heavy atom. The fourth-order valence-electron chi connectivity index (χ4n) is 11.6. The van der Waals surface area contributed by atoms with Crippen LogP contribution in [0.3, 0.4) is 0 Å². The Kier molecular flexibility index (Phi) is 24.5. The van der Waals surface area contributed by atoms with Crippen molar-refractivity contribution in [3.63, 3.8) is 0 Å². The van der Waals surface area contributed by atoms with Crippen molar-refractivity contribution in [1.29, 1.82) is 0 Å². The number of nitrogens with one attached hydrogen (secondary N) is 2. The molecule has 20 nitrogen and oxygen atoms in total. The van der Waals surface area contributed by atoms with E-state index in [1.165, 1.54) is 71.3 Å². The maximum Gasteiger partial charge on any atom is 0.294 e. The minimum absolute atomic E-state index is 0.0666. The van der Waals surface area contributed by atoms with Crippen LogP contribution in [0.25, 0.3) is 90.9 Å². The van der Waals surface area contributed by atoms with E-state index >= 15 is 0 Å². The summed E-state index contributed by atoms with van der Waals surface area (Å²) in [6.45, 7) is 7.36. The van der Waals surface area contributed by atoms with Crippen LogP contribution in [0.5, 0.6) is 0 Å². The smallest absolute Gasteiger partial charge is 0.294 e. The number of rotatable bonds is 12. The molecule has 0 saturated heterocycles. The summed E-state index contributed by atoms with van der Waals surface area (Å²) in [5.74, 6) is 0. The van der Waals surface area contributed by atoms with E-state index in [2.05, 4.69) is 240 Å². The number of hydrogen-bond acceptors (Lipinski definition) is 10. The molecule has 8 bridgehead atoms. The van der Waals surface area contributed by atoms with Gasteiger partial charge in [-0.1, -0.05) is 70.8 Å². The van der Waals surface area contributed by atoms with Gasteiger partial charge in [0.1, 0.15) is 22.7 Å². The monoisotopic (exact) mass is 1530 g/mol. The highest BCUT2D eigenvalue weighted by Crippen LogP contribution is 2.40. The highest BCUT2D eigenvalue weighted by Gasteiger charge is 2.24. The van der Waals surface area contributed by atoms with Gasteiger partial charge in [-0.2, -0.15) is 33.7 Å². The van der Waals surface area contributed by atoms with Gasteiger partial charge in [-0.25, -0.2) is 9.97 Å². The van der Waals surface area contributed by atoms with Crippen LogP contribution in [0.15, 0.2) is 238 Å². The summed E-state index contributed by atoms with van der Waals surface area (Å²) < 4.78 is 121. The molecule has 11 aromatic rings. The van der Waals surface area contributed by atoms with Crippen LogP contribution in [-0.2, 0) is 40.5 Å². The fraction of sp³-hybridized carbons (Fsp3) is 0.190. The van der Waals surface area contributed by atoms with Crippen molar-refractivity contribution in [2.75, 3.05) is 84.6 Å². The minimum Gasteiger partial charge on any atom is -0.354 e. The largest absolute Gasteiger partial charge is 0.354 e. The molecule has 8 aromatic carbocycles. The number of benzene rings is 8. The summed E-state index contributed by atoms with van der Waals surface area (Å²) in [5, 5.41) is 0. The lowest BCUT2D eigenvalue weighted by Gasteiger charge is -2.23. The first-order valence-corrected chi connectivity index (χ1v) is 40.0. The zero-order valence-corrected chi connectivity index (χ0v) is 66.7. The Labute approximate surface area is 635 Å². The second-order valence-electron chi connectivity index (χ2n) is 29.9. The Morgan fingerprint density at radius 1 is 0.241 bits per heavy atom. The number of aromatic nitrogens is 4. The summed E-state index contributed by atoms with van der Waals surface area (Å²) >= 11 is 0. The zero-order chi connectivity index (χ0) is 79.3. The number of nitrogens with zero attached hydrogens (tertiary/aromatic N) is 6. The van der Waals surface area contributed by atoms with E-state index < -0.39 is 40.5 Å². The predicted octanol–water partition coefficient (Wildman–Crippen LogP) is 17.1. The topological polar surface area (TPSA) is 275 Å². The van der Waals surface area contributed by atoms with Gasteiger partial charge in [-0.05, 0) is 244 Å². The standard InChI is InChI=1S/C56H62N8.4C7H8O3S/c1-61(2,3)41-21-13-37(14-22-41)53-45-29-31-47(57-45)54(38-15-23-42(24-16-38)62(4,5)6)49-33-35-51(59-49)56(40-19-27-44(28-20-40)64(10,11)12)52-36-34-50(60-52)55(48-32-30-46(53)58-48)39-17-25-43(26-18-39)63(7,8)9;4*1-6-2-4-7(5-3-6)11(8,9)10/h13-36,57-58H,1-12H3;4*2-5H,1H3,(H,8,9,10)/q+4;;;;. The lowest BCUT2D eigenvalue weighted by atomic mass is 10.0. The Hall–Kier alpha value is -10.2. The molecule has 108 heavy (non-hydrogen) atoms. The molecule has 0 fully saturated rings. The quantitative estimate of drug-likeness (QED) is 0.0490. The Morgan fingerprint density at radius 3 is 0.611 bits per heavy atom. The number of quaternary nitrogens is 4. The van der Waals surface area contributed by atoms with E-state index in [0.29, 0.717) is 0 Å². The SMILES string of the molecule is C[N+](C)(C)c1ccc(-c2c3nc(c(-c4ccc([N+](C)(C)C)cc4)c4ccc([nH]4)c(-c4ccc([N+](C)(C)C)cc4)c4ccc([nH]4)c(-c4ccc([N+](C)(C)C)cc4)c4nc2C=C4)C=C3)cc1.Cc1ccc(S(=O)(=O)O)cc1.Cc1ccc(S(=O)(=O)O)cc1.Cc1ccc(S(=O)(=O)O)cc1.Cc1ccc(S(=O)(=O)O)cc1. The average molecular weight is 1540 g/mol. The second-order valence-corrected chi connectivity index (χ2v) is 35.6. The van der Waals surface area contributed by atoms with Gasteiger partial charge in [0.25, 0.3) is 40.5 Å². The van der Waals surface area contributed by atoms with Crippen LogP contribution in [0.4, 0.5) is 22.7 Å². The molecule has 2 aliphatic heterocycles. The number of fused-ring (bicyclic) bond motifs is 8. The molecule has 0 saturated carbocycles.